The summed E-state index contributed by atoms with van der Waals surface area (Å²) in [7, 11) is 1.55. The molecule has 1 heterocycles. The van der Waals surface area contributed by atoms with Crippen LogP contribution in [0.4, 0.5) is 0 Å². The molecule has 102 valence electrons. The van der Waals surface area contributed by atoms with E-state index in [1.54, 1.807) is 13.2 Å². The first-order valence-corrected chi connectivity index (χ1v) is 6.53. The Hall–Kier alpha value is -1.91. The zero-order chi connectivity index (χ0) is 13.6. The summed E-state index contributed by atoms with van der Waals surface area (Å²) in [5.74, 6) is 1.26. The molecule has 1 fully saturated rings. The molecule has 5 heteroatoms. The van der Waals surface area contributed by atoms with E-state index in [9.17, 15) is 5.11 Å². The lowest BCUT2D eigenvalue weighted by molar-refractivity contribution is 0.215. The fourth-order valence-corrected chi connectivity index (χ4v) is 2.81. The Labute approximate surface area is 112 Å². The largest absolute Gasteiger partial charge is 0.504 e. The number of phenolic OH excluding ortho intramolecular Hbond substituents is 1. The third-order valence-corrected chi connectivity index (χ3v) is 4.04. The number of nitrogens with two attached hydrogens (primary N) is 1. The fraction of sp³-hybridized carbons (Fsp3) is 0.500. The highest BCUT2D eigenvalue weighted by Gasteiger charge is 2.47. The van der Waals surface area contributed by atoms with Crippen molar-refractivity contribution in [1.29, 1.82) is 0 Å². The summed E-state index contributed by atoms with van der Waals surface area (Å²) in [5, 5.41) is 9.71. The Morgan fingerprint density at radius 2 is 2.21 bits per heavy atom. The van der Waals surface area contributed by atoms with Gasteiger partial charge in [-0.25, -0.2) is 0 Å². The monoisotopic (exact) mass is 261 g/mol. The van der Waals surface area contributed by atoms with Gasteiger partial charge in [-0.15, -0.1) is 0 Å². The van der Waals surface area contributed by atoms with E-state index >= 15 is 0 Å². The van der Waals surface area contributed by atoms with Crippen LogP contribution in [0.25, 0.3) is 0 Å². The van der Waals surface area contributed by atoms with E-state index in [0.29, 0.717) is 24.3 Å². The lowest BCUT2D eigenvalue weighted by Crippen LogP contribution is -2.48. The lowest BCUT2D eigenvalue weighted by atomic mass is 9.90. The smallest absolute Gasteiger partial charge is 0.192 e. The number of phenols is 1. The van der Waals surface area contributed by atoms with Crippen LogP contribution in [0.15, 0.2) is 23.2 Å². The van der Waals surface area contributed by atoms with Crippen molar-refractivity contribution in [2.45, 2.75) is 31.3 Å². The van der Waals surface area contributed by atoms with Gasteiger partial charge in [0.1, 0.15) is 0 Å². The lowest BCUT2D eigenvalue weighted by Gasteiger charge is -2.37. The van der Waals surface area contributed by atoms with Gasteiger partial charge in [0.2, 0.25) is 0 Å². The van der Waals surface area contributed by atoms with Crippen LogP contribution in [-0.4, -0.2) is 35.7 Å². The highest BCUT2D eigenvalue weighted by molar-refractivity contribution is 5.82. The van der Waals surface area contributed by atoms with Gasteiger partial charge in [-0.3, -0.25) is 4.99 Å². The van der Waals surface area contributed by atoms with Crippen LogP contribution in [0.2, 0.25) is 0 Å². The molecule has 5 nitrogen and oxygen atoms in total. The van der Waals surface area contributed by atoms with E-state index in [0.717, 1.165) is 5.56 Å². The number of aliphatic imine (C=N–C) groups is 1. The first-order chi connectivity index (χ1) is 9.06. The molecule has 1 unspecified atom stereocenters. The van der Waals surface area contributed by atoms with Gasteiger partial charge in [-0.2, -0.15) is 0 Å². The molecular weight excluding hydrogens is 242 g/mol. The minimum atomic E-state index is -0.244. The minimum absolute atomic E-state index is 0.153. The van der Waals surface area contributed by atoms with Crippen molar-refractivity contribution >= 4 is 5.96 Å². The molecule has 1 aromatic carbocycles. The van der Waals surface area contributed by atoms with Crippen LogP contribution in [0, 0.1) is 0 Å². The highest BCUT2D eigenvalue weighted by Crippen LogP contribution is 2.43. The van der Waals surface area contributed by atoms with E-state index in [1.165, 1.54) is 12.8 Å². The molecule has 1 atom stereocenters. The molecule has 19 heavy (non-hydrogen) atoms. The Bertz CT molecular complexity index is 539. The SMILES string of the molecule is COc1cc(C2(C)CN=C(N)N2C2CC2)ccc1O. The normalized spacial score (nSPS) is 26.4. The average molecular weight is 261 g/mol. The highest BCUT2D eigenvalue weighted by atomic mass is 16.5. The van der Waals surface area contributed by atoms with Crippen LogP contribution in [0.3, 0.4) is 0 Å². The van der Waals surface area contributed by atoms with E-state index < -0.39 is 0 Å². The number of methoxy groups -OCH3 is 1. The van der Waals surface area contributed by atoms with Crippen molar-refractivity contribution in [3.05, 3.63) is 23.8 Å². The predicted molar refractivity (Wildman–Crippen MR) is 73.4 cm³/mol. The van der Waals surface area contributed by atoms with Gasteiger partial charge in [0.05, 0.1) is 19.2 Å². The topological polar surface area (TPSA) is 71.1 Å². The Morgan fingerprint density at radius 1 is 1.47 bits per heavy atom. The second kappa shape index (κ2) is 4.05. The molecule has 1 aliphatic carbocycles. The molecule has 3 rings (SSSR count). The number of guanidine groups is 1. The van der Waals surface area contributed by atoms with E-state index in [-0.39, 0.29) is 11.3 Å². The third-order valence-electron chi connectivity index (χ3n) is 4.04. The van der Waals surface area contributed by atoms with Gasteiger partial charge in [-0.05, 0) is 37.5 Å². The first-order valence-electron chi connectivity index (χ1n) is 6.53. The number of nitrogens with zero attached hydrogens (tertiary/aromatic N) is 2. The van der Waals surface area contributed by atoms with Crippen LogP contribution in [0.1, 0.15) is 25.3 Å². The molecule has 0 bridgehead atoms. The molecule has 0 saturated heterocycles. The van der Waals surface area contributed by atoms with E-state index in [1.807, 2.05) is 12.1 Å². The number of aromatic hydroxyl groups is 1. The van der Waals surface area contributed by atoms with Gasteiger partial charge in [0.15, 0.2) is 17.5 Å². The summed E-state index contributed by atoms with van der Waals surface area (Å²) < 4.78 is 5.19. The number of hydrogen-bond acceptors (Lipinski definition) is 5. The van der Waals surface area contributed by atoms with E-state index in [4.69, 9.17) is 10.5 Å². The van der Waals surface area contributed by atoms with Crippen LogP contribution in [-0.2, 0) is 5.54 Å². The standard InChI is InChI=1S/C14H19N3O2/c1-14(8-16-13(15)17(14)10-4-5-10)9-3-6-11(18)12(7-9)19-2/h3,6-7,10,18H,4-5,8H2,1-2H3,(H2,15,16). The Morgan fingerprint density at radius 3 is 2.84 bits per heavy atom. The minimum Gasteiger partial charge on any atom is -0.504 e. The Kier molecular flexibility index (Phi) is 2.59. The van der Waals surface area contributed by atoms with Gasteiger partial charge in [0.25, 0.3) is 0 Å². The number of hydrogen-bond donors (Lipinski definition) is 2. The van der Waals surface area contributed by atoms with Crippen molar-refractivity contribution in [2.24, 2.45) is 10.7 Å². The third kappa shape index (κ3) is 1.80. The predicted octanol–water partition coefficient (Wildman–Crippen LogP) is 1.41. The van der Waals surface area contributed by atoms with Gasteiger partial charge in [0, 0.05) is 6.04 Å². The molecule has 1 aliphatic heterocycles. The van der Waals surface area contributed by atoms with Crippen molar-refractivity contribution in [3.8, 4) is 11.5 Å². The first kappa shape index (κ1) is 12.1. The van der Waals surface area contributed by atoms with Gasteiger partial charge < -0.3 is 20.5 Å². The zero-order valence-electron chi connectivity index (χ0n) is 11.3. The summed E-state index contributed by atoms with van der Waals surface area (Å²) in [5.41, 5.74) is 6.85. The zero-order valence-corrected chi connectivity index (χ0v) is 11.3. The molecule has 3 N–H and O–H groups in total. The summed E-state index contributed by atoms with van der Waals surface area (Å²) in [4.78, 5) is 6.61. The average Bonchev–Trinajstić information content (AvgIpc) is 3.17. The Balaban J connectivity index is 2.00. The summed E-state index contributed by atoms with van der Waals surface area (Å²) >= 11 is 0. The summed E-state index contributed by atoms with van der Waals surface area (Å²) in [6, 6.07) is 5.95. The molecule has 0 spiro atoms. The van der Waals surface area contributed by atoms with Crippen molar-refractivity contribution < 1.29 is 9.84 Å². The fourth-order valence-electron chi connectivity index (χ4n) is 2.81. The van der Waals surface area contributed by atoms with Crippen molar-refractivity contribution in [3.63, 3.8) is 0 Å². The summed E-state index contributed by atoms with van der Waals surface area (Å²) in [6.07, 6.45) is 2.34. The molecule has 0 amide bonds. The molecule has 0 aromatic heterocycles. The second-order valence-electron chi connectivity index (χ2n) is 5.44. The van der Waals surface area contributed by atoms with Crippen LogP contribution in [0.5, 0.6) is 11.5 Å². The molecular formula is C14H19N3O2. The maximum Gasteiger partial charge on any atom is 0.192 e. The van der Waals surface area contributed by atoms with Crippen LogP contribution < -0.4 is 10.5 Å². The van der Waals surface area contributed by atoms with Gasteiger partial charge in [-0.1, -0.05) is 6.07 Å². The maximum absolute atomic E-state index is 9.71. The molecule has 1 aromatic rings. The second-order valence-corrected chi connectivity index (χ2v) is 5.44. The number of rotatable bonds is 3. The van der Waals surface area contributed by atoms with E-state index in [2.05, 4.69) is 16.8 Å². The molecule has 2 aliphatic rings. The van der Waals surface area contributed by atoms with Gasteiger partial charge >= 0.3 is 0 Å². The van der Waals surface area contributed by atoms with Crippen molar-refractivity contribution in [1.82, 2.24) is 4.90 Å². The maximum atomic E-state index is 9.71. The number of ether oxygens (including phenoxy) is 1. The quantitative estimate of drug-likeness (QED) is 0.863. The summed E-state index contributed by atoms with van der Waals surface area (Å²) in [6.45, 7) is 2.78. The molecule has 0 radical (unpaired) electrons. The molecule has 1 saturated carbocycles. The number of benzene rings is 1. The van der Waals surface area contributed by atoms with Crippen molar-refractivity contribution in [2.75, 3.05) is 13.7 Å². The van der Waals surface area contributed by atoms with Crippen LogP contribution >= 0.6 is 0 Å².